The van der Waals surface area contributed by atoms with Crippen molar-refractivity contribution < 1.29 is 4.39 Å². The molecule has 0 saturated heterocycles. The fourth-order valence-corrected chi connectivity index (χ4v) is 4.47. The van der Waals surface area contributed by atoms with Crippen molar-refractivity contribution in [2.24, 2.45) is 5.41 Å². The van der Waals surface area contributed by atoms with Gasteiger partial charge in [-0.2, -0.15) is 5.10 Å². The number of benzene rings is 2. The monoisotopic (exact) mass is 517 g/mol. The number of pyridine rings is 1. The maximum atomic E-state index is 13.9. The Hall–Kier alpha value is -4.71. The number of halogens is 1. The van der Waals surface area contributed by atoms with Crippen LogP contribution < -0.4 is 5.32 Å². The van der Waals surface area contributed by atoms with Crippen LogP contribution >= 0.6 is 0 Å². The van der Waals surface area contributed by atoms with Gasteiger partial charge in [-0.05, 0) is 77.7 Å². The molecule has 39 heavy (non-hydrogen) atoms. The SMILES string of the molecule is C=C/C(=C\C(=C/C)c1ccc2[nH]nc(-c3cc4c(-c5cccc(F)c5)ccnc4[nH]3)c2c1)NC(=C)C(C)(C)C. The highest BCUT2D eigenvalue weighted by Crippen LogP contribution is 2.34. The molecule has 2 aromatic carbocycles. The summed E-state index contributed by atoms with van der Waals surface area (Å²) in [7, 11) is 0. The van der Waals surface area contributed by atoms with E-state index in [1.165, 1.54) is 12.1 Å². The van der Waals surface area contributed by atoms with Crippen molar-refractivity contribution in [1.29, 1.82) is 0 Å². The lowest BCUT2D eigenvalue weighted by Crippen LogP contribution is -2.22. The van der Waals surface area contributed by atoms with Crippen molar-refractivity contribution >= 4 is 27.5 Å². The predicted octanol–water partition coefficient (Wildman–Crippen LogP) is 8.53. The second kappa shape index (κ2) is 10.2. The molecule has 0 aliphatic carbocycles. The minimum atomic E-state index is -0.273. The quantitative estimate of drug-likeness (QED) is 0.190. The Balaban J connectivity index is 1.55. The molecule has 0 atom stereocenters. The predicted molar refractivity (Wildman–Crippen MR) is 160 cm³/mol. The van der Waals surface area contributed by atoms with Crippen molar-refractivity contribution in [3.63, 3.8) is 0 Å². The first-order valence-electron chi connectivity index (χ1n) is 12.9. The van der Waals surface area contributed by atoms with Crippen LogP contribution in [0.3, 0.4) is 0 Å². The first-order valence-corrected chi connectivity index (χ1v) is 12.9. The molecule has 3 aromatic heterocycles. The first kappa shape index (κ1) is 25.9. The van der Waals surface area contributed by atoms with Crippen molar-refractivity contribution in [2.75, 3.05) is 0 Å². The smallest absolute Gasteiger partial charge is 0.138 e. The summed E-state index contributed by atoms with van der Waals surface area (Å²) in [4.78, 5) is 7.92. The van der Waals surface area contributed by atoms with Gasteiger partial charge in [-0.15, -0.1) is 0 Å². The van der Waals surface area contributed by atoms with Gasteiger partial charge in [0.15, 0.2) is 0 Å². The number of aromatic nitrogens is 4. The standard InChI is InChI=1S/C33H32FN5/c1-7-21(17-25(8-2)36-20(3)33(4,5)6)22-12-13-29-28(18-22)31(39-38-29)30-19-27-26(14-15-35-32(27)37-30)23-10-9-11-24(34)16-23/h7-19,36H,2-3H2,1,4-6H3,(H,35,37)(H,38,39)/b21-7+,25-17+. The van der Waals surface area contributed by atoms with Crippen LogP contribution in [0.5, 0.6) is 0 Å². The van der Waals surface area contributed by atoms with E-state index < -0.39 is 0 Å². The molecular weight excluding hydrogens is 485 g/mol. The van der Waals surface area contributed by atoms with Gasteiger partial charge in [0.1, 0.15) is 17.2 Å². The van der Waals surface area contributed by atoms with Crippen molar-refractivity contribution in [1.82, 2.24) is 25.5 Å². The topological polar surface area (TPSA) is 69.4 Å². The van der Waals surface area contributed by atoms with Crippen LogP contribution in [0.25, 0.3) is 50.0 Å². The molecule has 5 rings (SSSR count). The maximum absolute atomic E-state index is 13.9. The summed E-state index contributed by atoms with van der Waals surface area (Å²) in [5.41, 5.74) is 8.78. The zero-order valence-corrected chi connectivity index (χ0v) is 22.7. The molecule has 0 saturated carbocycles. The van der Waals surface area contributed by atoms with E-state index in [2.05, 4.69) is 83.7 Å². The summed E-state index contributed by atoms with van der Waals surface area (Å²) in [5, 5.41) is 13.1. The zero-order chi connectivity index (χ0) is 27.7. The van der Waals surface area contributed by atoms with Gasteiger partial charge < -0.3 is 10.3 Å². The molecule has 0 radical (unpaired) electrons. The Kier molecular flexibility index (Phi) is 6.79. The lowest BCUT2D eigenvalue weighted by Gasteiger charge is -2.24. The lowest BCUT2D eigenvalue weighted by atomic mass is 9.92. The highest BCUT2D eigenvalue weighted by atomic mass is 19.1. The fraction of sp³-hybridized carbons (Fsp3) is 0.152. The van der Waals surface area contributed by atoms with Gasteiger partial charge in [-0.3, -0.25) is 5.10 Å². The number of fused-ring (bicyclic) bond motifs is 2. The zero-order valence-electron chi connectivity index (χ0n) is 22.7. The normalized spacial score (nSPS) is 12.7. The second-order valence-electron chi connectivity index (χ2n) is 10.5. The fourth-order valence-electron chi connectivity index (χ4n) is 4.47. The molecule has 0 aliphatic heterocycles. The number of allylic oxidation sites excluding steroid dienone is 5. The van der Waals surface area contributed by atoms with E-state index in [1.807, 2.05) is 31.2 Å². The number of hydrogen-bond acceptors (Lipinski definition) is 3. The minimum Gasteiger partial charge on any atom is -0.359 e. The van der Waals surface area contributed by atoms with E-state index in [4.69, 9.17) is 0 Å². The molecular formula is C33H32FN5. The second-order valence-corrected chi connectivity index (χ2v) is 10.5. The van der Waals surface area contributed by atoms with E-state index in [0.717, 1.165) is 67.0 Å². The largest absolute Gasteiger partial charge is 0.359 e. The van der Waals surface area contributed by atoms with Crippen LogP contribution in [0.4, 0.5) is 4.39 Å². The third kappa shape index (κ3) is 5.18. The number of H-pyrrole nitrogens is 2. The molecule has 3 heterocycles. The van der Waals surface area contributed by atoms with Crippen molar-refractivity contribution in [3.8, 4) is 22.5 Å². The Morgan fingerprint density at radius 1 is 1.05 bits per heavy atom. The van der Waals surface area contributed by atoms with E-state index >= 15 is 0 Å². The number of aromatic amines is 2. The minimum absolute atomic E-state index is 0.0776. The molecule has 5 aromatic rings. The van der Waals surface area contributed by atoms with E-state index in [0.29, 0.717) is 0 Å². The Bertz CT molecular complexity index is 1780. The summed E-state index contributed by atoms with van der Waals surface area (Å²) in [5.74, 6) is -0.273. The van der Waals surface area contributed by atoms with Crippen molar-refractivity contribution in [3.05, 3.63) is 115 Å². The van der Waals surface area contributed by atoms with E-state index in [9.17, 15) is 4.39 Å². The summed E-state index contributed by atoms with van der Waals surface area (Å²) < 4.78 is 13.9. The summed E-state index contributed by atoms with van der Waals surface area (Å²) >= 11 is 0. The van der Waals surface area contributed by atoms with E-state index in [1.54, 1.807) is 18.3 Å². The van der Waals surface area contributed by atoms with Gasteiger partial charge in [-0.1, -0.05) is 58.2 Å². The molecule has 196 valence electrons. The summed E-state index contributed by atoms with van der Waals surface area (Å²) in [6.45, 7) is 16.5. The van der Waals surface area contributed by atoms with Crippen LogP contribution in [0.15, 0.2) is 104 Å². The van der Waals surface area contributed by atoms with Crippen LogP contribution in [-0.2, 0) is 0 Å². The Morgan fingerprint density at radius 2 is 1.87 bits per heavy atom. The molecule has 0 fully saturated rings. The van der Waals surface area contributed by atoms with E-state index in [-0.39, 0.29) is 11.2 Å². The lowest BCUT2D eigenvalue weighted by molar-refractivity contribution is 0.478. The number of hydrogen-bond donors (Lipinski definition) is 3. The highest BCUT2D eigenvalue weighted by Gasteiger charge is 2.17. The van der Waals surface area contributed by atoms with Gasteiger partial charge in [-0.25, -0.2) is 9.37 Å². The molecule has 0 bridgehead atoms. The molecule has 5 nitrogen and oxygen atoms in total. The average molecular weight is 518 g/mol. The number of nitrogens with zero attached hydrogens (tertiary/aromatic N) is 2. The number of rotatable bonds is 7. The molecule has 0 aliphatic rings. The van der Waals surface area contributed by atoms with Gasteiger partial charge in [0.25, 0.3) is 0 Å². The molecule has 0 amide bonds. The van der Waals surface area contributed by atoms with Crippen LogP contribution in [0.2, 0.25) is 0 Å². The highest BCUT2D eigenvalue weighted by molar-refractivity contribution is 6.00. The summed E-state index contributed by atoms with van der Waals surface area (Å²) in [6, 6.07) is 16.8. The van der Waals surface area contributed by atoms with Crippen molar-refractivity contribution in [2.45, 2.75) is 27.7 Å². The molecule has 3 N–H and O–H groups in total. The Morgan fingerprint density at radius 3 is 2.59 bits per heavy atom. The third-order valence-corrected chi connectivity index (χ3v) is 6.86. The number of nitrogens with one attached hydrogen (secondary N) is 3. The summed E-state index contributed by atoms with van der Waals surface area (Å²) in [6.07, 6.45) is 7.68. The molecule has 6 heteroatoms. The van der Waals surface area contributed by atoms with Gasteiger partial charge in [0.2, 0.25) is 0 Å². The molecule has 0 unspecified atom stereocenters. The van der Waals surface area contributed by atoms with Crippen LogP contribution in [0, 0.1) is 11.2 Å². The van der Waals surface area contributed by atoms with Gasteiger partial charge >= 0.3 is 0 Å². The van der Waals surface area contributed by atoms with Crippen LogP contribution in [0.1, 0.15) is 33.3 Å². The van der Waals surface area contributed by atoms with Gasteiger partial charge in [0, 0.05) is 33.8 Å². The average Bonchev–Trinajstić information content (AvgIpc) is 3.53. The first-order chi connectivity index (χ1) is 18.7. The van der Waals surface area contributed by atoms with Crippen LogP contribution in [-0.4, -0.2) is 20.2 Å². The Labute approximate surface area is 227 Å². The maximum Gasteiger partial charge on any atom is 0.138 e. The third-order valence-electron chi connectivity index (χ3n) is 6.86. The molecule has 0 spiro atoms. The van der Waals surface area contributed by atoms with Gasteiger partial charge in [0.05, 0.1) is 11.2 Å².